The van der Waals surface area contributed by atoms with E-state index in [9.17, 15) is 9.18 Å². The Morgan fingerprint density at radius 3 is 2.94 bits per heavy atom. The molecule has 0 amide bonds. The number of carbonyl (C=O) groups is 1. The van der Waals surface area contributed by atoms with Gasteiger partial charge in [-0.3, -0.25) is 9.48 Å². The Bertz CT molecular complexity index is 643. The van der Waals surface area contributed by atoms with Crippen LogP contribution in [-0.4, -0.2) is 20.9 Å². The van der Waals surface area contributed by atoms with Crippen LogP contribution in [0.4, 0.5) is 4.39 Å². The second-order valence-electron chi connectivity index (χ2n) is 3.63. The first kappa shape index (κ1) is 11.8. The average Bonchev–Trinajstić information content (AvgIpc) is 2.77. The van der Waals surface area contributed by atoms with Gasteiger partial charge in [0, 0.05) is 11.8 Å². The first-order chi connectivity index (χ1) is 8.60. The number of aromatic nitrogens is 2. The van der Waals surface area contributed by atoms with Crippen LogP contribution < -0.4 is 0 Å². The summed E-state index contributed by atoms with van der Waals surface area (Å²) in [6.45, 7) is -0.244. The fourth-order valence-electron chi connectivity index (χ4n) is 1.53. The lowest BCUT2D eigenvalue weighted by Crippen LogP contribution is -2.08. The lowest BCUT2D eigenvalue weighted by molar-refractivity contribution is -0.137. The molecule has 1 heterocycles. The van der Waals surface area contributed by atoms with Gasteiger partial charge in [0.2, 0.25) is 0 Å². The SMILES string of the molecule is N#Cc1cc(-c2cnn(CC(=O)O)c2)ccc1F. The van der Waals surface area contributed by atoms with Crippen molar-refractivity contribution in [2.45, 2.75) is 6.54 Å². The number of nitrogens with zero attached hydrogens (tertiary/aromatic N) is 3. The molecule has 2 aromatic rings. The Balaban J connectivity index is 2.34. The Morgan fingerprint density at radius 2 is 2.28 bits per heavy atom. The Labute approximate surface area is 102 Å². The molecule has 18 heavy (non-hydrogen) atoms. The molecule has 0 saturated carbocycles. The van der Waals surface area contributed by atoms with Gasteiger partial charge in [-0.15, -0.1) is 0 Å². The number of carboxylic acids is 1. The van der Waals surface area contributed by atoms with Crippen molar-refractivity contribution in [2.24, 2.45) is 0 Å². The van der Waals surface area contributed by atoms with E-state index in [0.717, 1.165) is 0 Å². The molecule has 0 aliphatic heterocycles. The lowest BCUT2D eigenvalue weighted by Gasteiger charge is -1.99. The van der Waals surface area contributed by atoms with Crippen LogP contribution in [0.3, 0.4) is 0 Å². The van der Waals surface area contributed by atoms with Crippen molar-refractivity contribution in [1.29, 1.82) is 5.26 Å². The third kappa shape index (κ3) is 2.35. The van der Waals surface area contributed by atoms with Crippen molar-refractivity contribution >= 4 is 5.97 Å². The molecule has 2 rings (SSSR count). The summed E-state index contributed by atoms with van der Waals surface area (Å²) in [6, 6.07) is 5.86. The van der Waals surface area contributed by atoms with E-state index >= 15 is 0 Å². The zero-order valence-electron chi connectivity index (χ0n) is 9.17. The van der Waals surface area contributed by atoms with Gasteiger partial charge >= 0.3 is 5.97 Å². The summed E-state index contributed by atoms with van der Waals surface area (Å²) in [4.78, 5) is 10.5. The summed E-state index contributed by atoms with van der Waals surface area (Å²) < 4.78 is 14.4. The molecule has 5 nitrogen and oxygen atoms in total. The van der Waals surface area contributed by atoms with Crippen molar-refractivity contribution in [3.63, 3.8) is 0 Å². The Morgan fingerprint density at radius 1 is 1.50 bits per heavy atom. The number of nitriles is 1. The van der Waals surface area contributed by atoms with Crippen LogP contribution >= 0.6 is 0 Å². The van der Waals surface area contributed by atoms with Crippen molar-refractivity contribution in [3.8, 4) is 17.2 Å². The summed E-state index contributed by atoms with van der Waals surface area (Å²) in [5, 5.41) is 21.2. The largest absolute Gasteiger partial charge is 0.480 e. The normalized spacial score (nSPS) is 10.0. The van der Waals surface area contributed by atoms with Gasteiger partial charge in [-0.2, -0.15) is 10.4 Å². The van der Waals surface area contributed by atoms with E-state index in [2.05, 4.69) is 5.10 Å². The fraction of sp³-hybridized carbons (Fsp3) is 0.0833. The molecule has 1 N–H and O–H groups in total. The zero-order valence-corrected chi connectivity index (χ0v) is 9.17. The molecule has 0 fully saturated rings. The zero-order chi connectivity index (χ0) is 13.1. The van der Waals surface area contributed by atoms with E-state index in [4.69, 9.17) is 10.4 Å². The molecule has 6 heteroatoms. The summed E-state index contributed by atoms with van der Waals surface area (Å²) in [7, 11) is 0. The maximum Gasteiger partial charge on any atom is 0.325 e. The molecule has 0 saturated heterocycles. The molecule has 1 aromatic carbocycles. The molecular weight excluding hydrogens is 237 g/mol. The average molecular weight is 245 g/mol. The van der Waals surface area contributed by atoms with Gasteiger partial charge in [-0.05, 0) is 17.7 Å². The van der Waals surface area contributed by atoms with Crippen LogP contribution in [-0.2, 0) is 11.3 Å². The number of benzene rings is 1. The van der Waals surface area contributed by atoms with Gasteiger partial charge < -0.3 is 5.11 Å². The van der Waals surface area contributed by atoms with E-state index in [1.807, 2.05) is 0 Å². The molecule has 0 unspecified atom stereocenters. The van der Waals surface area contributed by atoms with Gasteiger partial charge in [-0.1, -0.05) is 6.07 Å². The molecule has 90 valence electrons. The molecule has 0 spiro atoms. The van der Waals surface area contributed by atoms with E-state index in [-0.39, 0.29) is 12.1 Å². The monoisotopic (exact) mass is 245 g/mol. The number of halogens is 1. The maximum atomic E-state index is 13.1. The first-order valence-electron chi connectivity index (χ1n) is 5.04. The standard InChI is InChI=1S/C12H8FN3O2/c13-11-2-1-8(3-9(11)4-14)10-5-15-16(6-10)7-12(17)18/h1-3,5-6H,7H2,(H,17,18). The van der Waals surface area contributed by atoms with Gasteiger partial charge in [0.1, 0.15) is 18.4 Å². The molecule has 0 atom stereocenters. The predicted octanol–water partition coefficient (Wildman–Crippen LogP) is 1.65. The van der Waals surface area contributed by atoms with Gasteiger partial charge in [0.25, 0.3) is 0 Å². The van der Waals surface area contributed by atoms with Crippen LogP contribution in [0.2, 0.25) is 0 Å². The number of rotatable bonds is 3. The van der Waals surface area contributed by atoms with E-state index in [0.29, 0.717) is 11.1 Å². The van der Waals surface area contributed by atoms with Gasteiger partial charge in [-0.25, -0.2) is 4.39 Å². The van der Waals surface area contributed by atoms with Crippen LogP contribution in [0, 0.1) is 17.1 Å². The minimum absolute atomic E-state index is 0.0570. The molecule has 1 aromatic heterocycles. The summed E-state index contributed by atoms with van der Waals surface area (Å²) in [5.74, 6) is -1.58. The quantitative estimate of drug-likeness (QED) is 0.891. The highest BCUT2D eigenvalue weighted by molar-refractivity contribution is 5.67. The topological polar surface area (TPSA) is 78.9 Å². The minimum atomic E-state index is -0.999. The second kappa shape index (κ2) is 4.67. The summed E-state index contributed by atoms with van der Waals surface area (Å²) in [5.41, 5.74) is 1.19. The van der Waals surface area contributed by atoms with Crippen molar-refractivity contribution in [3.05, 3.63) is 42.0 Å². The van der Waals surface area contributed by atoms with Crippen LogP contribution in [0.15, 0.2) is 30.6 Å². The van der Waals surface area contributed by atoms with E-state index in [1.54, 1.807) is 6.07 Å². The highest BCUT2D eigenvalue weighted by Crippen LogP contribution is 2.21. The van der Waals surface area contributed by atoms with Crippen LogP contribution in [0.25, 0.3) is 11.1 Å². The third-order valence-electron chi connectivity index (χ3n) is 2.35. The number of hydrogen-bond donors (Lipinski definition) is 1. The number of aliphatic carboxylic acids is 1. The number of carboxylic acid groups (broad SMARTS) is 1. The van der Waals surface area contributed by atoms with Crippen molar-refractivity contribution < 1.29 is 14.3 Å². The molecule has 0 aliphatic rings. The van der Waals surface area contributed by atoms with Crippen LogP contribution in [0.5, 0.6) is 0 Å². The highest BCUT2D eigenvalue weighted by Gasteiger charge is 2.07. The smallest absolute Gasteiger partial charge is 0.325 e. The van der Waals surface area contributed by atoms with E-state index < -0.39 is 11.8 Å². The van der Waals surface area contributed by atoms with Gasteiger partial charge in [0.15, 0.2) is 0 Å². The fourth-order valence-corrected chi connectivity index (χ4v) is 1.53. The highest BCUT2D eigenvalue weighted by atomic mass is 19.1. The van der Waals surface area contributed by atoms with Gasteiger partial charge in [0.05, 0.1) is 11.8 Å². The van der Waals surface area contributed by atoms with Crippen molar-refractivity contribution in [1.82, 2.24) is 9.78 Å². The molecule has 0 radical (unpaired) electrons. The molecular formula is C12H8FN3O2. The third-order valence-corrected chi connectivity index (χ3v) is 2.35. The Kier molecular flexibility index (Phi) is 3.06. The summed E-state index contributed by atoms with van der Waals surface area (Å²) >= 11 is 0. The van der Waals surface area contributed by atoms with Crippen molar-refractivity contribution in [2.75, 3.05) is 0 Å². The molecule has 0 aliphatic carbocycles. The number of hydrogen-bond acceptors (Lipinski definition) is 3. The van der Waals surface area contributed by atoms with Crippen LogP contribution in [0.1, 0.15) is 5.56 Å². The summed E-state index contributed by atoms with van der Waals surface area (Å²) in [6.07, 6.45) is 3.00. The maximum absolute atomic E-state index is 13.1. The first-order valence-corrected chi connectivity index (χ1v) is 5.04. The molecule has 0 bridgehead atoms. The second-order valence-corrected chi connectivity index (χ2v) is 3.63. The Hall–Kier alpha value is -2.68. The van der Waals surface area contributed by atoms with E-state index in [1.165, 1.54) is 35.3 Å². The minimum Gasteiger partial charge on any atom is -0.480 e. The predicted molar refractivity (Wildman–Crippen MR) is 60.0 cm³/mol. The lowest BCUT2D eigenvalue weighted by atomic mass is 10.1.